The average Bonchev–Trinajstić information content (AvgIpc) is 2.74. The van der Waals surface area contributed by atoms with Gasteiger partial charge in [-0.25, -0.2) is 13.8 Å². The first-order valence-corrected chi connectivity index (χ1v) is 8.28. The topological polar surface area (TPSA) is 43.2 Å². The van der Waals surface area contributed by atoms with Gasteiger partial charge in [-0.1, -0.05) is 0 Å². The van der Waals surface area contributed by atoms with Gasteiger partial charge in [-0.3, -0.25) is 0 Å². The molecular weight excluding hydrogens is 298 g/mol. The highest BCUT2D eigenvalue weighted by Crippen LogP contribution is 2.39. The Balaban J connectivity index is 1.58. The Labute approximate surface area is 135 Å². The molecule has 2 aliphatic rings. The highest BCUT2D eigenvalue weighted by Gasteiger charge is 2.39. The third-order valence-electron chi connectivity index (χ3n) is 4.82. The van der Waals surface area contributed by atoms with Gasteiger partial charge < -0.3 is 9.80 Å². The van der Waals surface area contributed by atoms with Crippen LogP contribution >= 0.6 is 0 Å². The van der Waals surface area contributed by atoms with E-state index >= 15 is 0 Å². The lowest BCUT2D eigenvalue weighted by molar-refractivity contribution is 0.00353. The standard InChI is InChI=1S/C17H22F2N4/c18-17(19)5-4-14(11-17)13-22-7-2-8-23(10-9-22)16-15(12-20)3-1-6-21-16/h1,3,6,14H,2,4-5,7-11,13H2. The van der Waals surface area contributed by atoms with Gasteiger partial charge in [0.25, 0.3) is 0 Å². The molecule has 0 bridgehead atoms. The Hall–Kier alpha value is -1.74. The van der Waals surface area contributed by atoms with Crippen LogP contribution in [0.4, 0.5) is 14.6 Å². The molecule has 0 N–H and O–H groups in total. The largest absolute Gasteiger partial charge is 0.354 e. The van der Waals surface area contributed by atoms with E-state index in [2.05, 4.69) is 20.9 Å². The Bertz CT molecular complexity index is 584. The predicted octanol–water partition coefficient (Wildman–Crippen LogP) is 2.90. The molecule has 1 aromatic heterocycles. The van der Waals surface area contributed by atoms with Gasteiger partial charge >= 0.3 is 0 Å². The maximum absolute atomic E-state index is 13.3. The third-order valence-corrected chi connectivity index (χ3v) is 4.82. The molecule has 1 aliphatic heterocycles. The number of anilines is 1. The van der Waals surface area contributed by atoms with Crippen molar-refractivity contribution < 1.29 is 8.78 Å². The van der Waals surface area contributed by atoms with Gasteiger partial charge in [0.05, 0.1) is 5.56 Å². The van der Waals surface area contributed by atoms with Gasteiger partial charge in [0.1, 0.15) is 11.9 Å². The van der Waals surface area contributed by atoms with Gasteiger partial charge in [0.15, 0.2) is 0 Å². The molecule has 2 fully saturated rings. The predicted molar refractivity (Wildman–Crippen MR) is 84.5 cm³/mol. The molecule has 0 aromatic carbocycles. The summed E-state index contributed by atoms with van der Waals surface area (Å²) < 4.78 is 26.7. The van der Waals surface area contributed by atoms with Crippen molar-refractivity contribution in [3.8, 4) is 6.07 Å². The lowest BCUT2D eigenvalue weighted by atomic mass is 10.1. The van der Waals surface area contributed by atoms with Crippen LogP contribution in [0.15, 0.2) is 18.3 Å². The van der Waals surface area contributed by atoms with E-state index in [0.29, 0.717) is 12.0 Å². The first-order chi connectivity index (χ1) is 11.1. The Morgan fingerprint density at radius 1 is 1.30 bits per heavy atom. The van der Waals surface area contributed by atoms with Crippen LogP contribution in [0.2, 0.25) is 0 Å². The number of rotatable bonds is 3. The summed E-state index contributed by atoms with van der Waals surface area (Å²) in [4.78, 5) is 8.78. The van der Waals surface area contributed by atoms with E-state index in [9.17, 15) is 14.0 Å². The molecule has 3 rings (SSSR count). The molecule has 1 saturated carbocycles. The molecule has 2 heterocycles. The summed E-state index contributed by atoms with van der Waals surface area (Å²) in [6.45, 7) is 4.16. The molecule has 23 heavy (non-hydrogen) atoms. The number of hydrogen-bond donors (Lipinski definition) is 0. The third kappa shape index (κ3) is 3.97. The molecule has 4 nitrogen and oxygen atoms in total. The minimum absolute atomic E-state index is 0.0338. The summed E-state index contributed by atoms with van der Waals surface area (Å²) in [5.74, 6) is -1.61. The second-order valence-electron chi connectivity index (χ2n) is 6.59. The zero-order valence-electron chi connectivity index (χ0n) is 13.2. The summed E-state index contributed by atoms with van der Waals surface area (Å²) >= 11 is 0. The zero-order valence-corrected chi connectivity index (χ0v) is 13.2. The normalized spacial score (nSPS) is 25.1. The molecular formula is C17H22F2N4. The number of halogens is 2. The van der Waals surface area contributed by atoms with Crippen molar-refractivity contribution >= 4 is 5.82 Å². The Morgan fingerprint density at radius 2 is 2.17 bits per heavy atom. The number of alkyl halides is 2. The molecule has 1 aliphatic carbocycles. The van der Waals surface area contributed by atoms with E-state index in [1.165, 1.54) is 0 Å². The summed E-state index contributed by atoms with van der Waals surface area (Å²) in [6.07, 6.45) is 3.37. The van der Waals surface area contributed by atoms with Gasteiger partial charge in [-0.15, -0.1) is 0 Å². The molecule has 1 unspecified atom stereocenters. The van der Waals surface area contributed by atoms with Crippen molar-refractivity contribution in [1.82, 2.24) is 9.88 Å². The number of nitrogens with zero attached hydrogens (tertiary/aromatic N) is 4. The smallest absolute Gasteiger partial charge is 0.248 e. The van der Waals surface area contributed by atoms with Gasteiger partial charge in [0, 0.05) is 45.2 Å². The molecule has 0 radical (unpaired) electrons. The van der Waals surface area contributed by atoms with Crippen molar-refractivity contribution in [3.63, 3.8) is 0 Å². The summed E-state index contributed by atoms with van der Waals surface area (Å²) in [5, 5.41) is 9.21. The molecule has 0 amide bonds. The monoisotopic (exact) mass is 320 g/mol. The van der Waals surface area contributed by atoms with Crippen LogP contribution in [0.3, 0.4) is 0 Å². The first-order valence-electron chi connectivity index (χ1n) is 8.28. The van der Waals surface area contributed by atoms with Crippen molar-refractivity contribution in [1.29, 1.82) is 5.26 Å². The molecule has 0 spiro atoms. The fourth-order valence-corrected chi connectivity index (χ4v) is 3.66. The quantitative estimate of drug-likeness (QED) is 0.859. The fraction of sp³-hybridized carbons (Fsp3) is 0.647. The van der Waals surface area contributed by atoms with Crippen LogP contribution in [-0.2, 0) is 0 Å². The van der Waals surface area contributed by atoms with Crippen molar-refractivity contribution in [2.24, 2.45) is 5.92 Å². The average molecular weight is 320 g/mol. The summed E-state index contributed by atoms with van der Waals surface area (Å²) in [7, 11) is 0. The van der Waals surface area contributed by atoms with Crippen LogP contribution in [0, 0.1) is 17.2 Å². The van der Waals surface area contributed by atoms with Crippen molar-refractivity contribution in [3.05, 3.63) is 23.9 Å². The number of pyridine rings is 1. The van der Waals surface area contributed by atoms with E-state index in [-0.39, 0.29) is 18.8 Å². The van der Waals surface area contributed by atoms with Gasteiger partial charge in [-0.2, -0.15) is 5.26 Å². The minimum Gasteiger partial charge on any atom is -0.354 e. The lowest BCUT2D eigenvalue weighted by Gasteiger charge is -2.25. The SMILES string of the molecule is N#Cc1cccnc1N1CCCN(CC2CCC(F)(F)C2)CC1. The number of aromatic nitrogens is 1. The maximum Gasteiger partial charge on any atom is 0.248 e. The lowest BCUT2D eigenvalue weighted by Crippen LogP contribution is -2.34. The van der Waals surface area contributed by atoms with E-state index in [0.717, 1.165) is 45.0 Å². The molecule has 1 saturated heterocycles. The molecule has 1 atom stereocenters. The van der Waals surface area contributed by atoms with Gasteiger partial charge in [-0.05, 0) is 37.4 Å². The molecule has 124 valence electrons. The molecule has 1 aromatic rings. The summed E-state index contributed by atoms with van der Waals surface area (Å²) in [6, 6.07) is 5.74. The Kier molecular flexibility index (Phi) is 4.76. The first kappa shape index (κ1) is 16.1. The fourth-order valence-electron chi connectivity index (χ4n) is 3.66. The van der Waals surface area contributed by atoms with Crippen molar-refractivity contribution in [2.45, 2.75) is 31.6 Å². The number of nitriles is 1. The second-order valence-corrected chi connectivity index (χ2v) is 6.59. The van der Waals surface area contributed by atoms with E-state index in [4.69, 9.17) is 0 Å². The van der Waals surface area contributed by atoms with Gasteiger partial charge in [0.2, 0.25) is 5.92 Å². The maximum atomic E-state index is 13.3. The van der Waals surface area contributed by atoms with E-state index < -0.39 is 5.92 Å². The highest BCUT2D eigenvalue weighted by atomic mass is 19.3. The van der Waals surface area contributed by atoms with Crippen LogP contribution in [-0.4, -0.2) is 48.5 Å². The molecule has 6 heteroatoms. The summed E-state index contributed by atoms with van der Waals surface area (Å²) in [5.41, 5.74) is 0.594. The van der Waals surface area contributed by atoms with E-state index in [1.807, 2.05) is 0 Å². The van der Waals surface area contributed by atoms with Crippen LogP contribution in [0.1, 0.15) is 31.2 Å². The van der Waals surface area contributed by atoms with Crippen LogP contribution in [0.5, 0.6) is 0 Å². The van der Waals surface area contributed by atoms with Crippen LogP contribution < -0.4 is 4.90 Å². The van der Waals surface area contributed by atoms with E-state index in [1.54, 1.807) is 18.3 Å². The minimum atomic E-state index is -2.46. The second kappa shape index (κ2) is 6.79. The van der Waals surface area contributed by atoms with Crippen LogP contribution in [0.25, 0.3) is 0 Å². The highest BCUT2D eigenvalue weighted by molar-refractivity contribution is 5.53. The van der Waals surface area contributed by atoms with Crippen molar-refractivity contribution in [2.75, 3.05) is 37.6 Å². The zero-order chi connectivity index (χ0) is 16.3. The Morgan fingerprint density at radius 3 is 2.91 bits per heavy atom. The number of hydrogen-bond acceptors (Lipinski definition) is 4.